The van der Waals surface area contributed by atoms with Gasteiger partial charge in [0.15, 0.2) is 0 Å². The van der Waals surface area contributed by atoms with Crippen LogP contribution in [-0.2, 0) is 4.74 Å². The highest BCUT2D eigenvalue weighted by atomic mass is 16.6. The lowest BCUT2D eigenvalue weighted by atomic mass is 10.0. The summed E-state index contributed by atoms with van der Waals surface area (Å²) < 4.78 is 5.25. The number of rotatable bonds is 8. The van der Waals surface area contributed by atoms with Crippen molar-refractivity contribution in [3.05, 3.63) is 33.9 Å². The van der Waals surface area contributed by atoms with Crippen molar-refractivity contribution in [1.82, 2.24) is 0 Å². The second-order valence-electron chi connectivity index (χ2n) is 5.04. The molecule has 0 saturated heterocycles. The second-order valence-corrected chi connectivity index (χ2v) is 5.04. The summed E-state index contributed by atoms with van der Waals surface area (Å²) in [4.78, 5) is 22.2. The molecule has 1 aromatic rings. The second kappa shape index (κ2) is 8.24. The number of nitrogens with two attached hydrogens (primary N) is 1. The van der Waals surface area contributed by atoms with E-state index >= 15 is 0 Å². The molecule has 0 aromatic heterocycles. The molecule has 0 spiro atoms. The molecule has 0 radical (unpaired) electrons. The predicted octanol–water partition coefficient (Wildman–Crippen LogP) is 3.55. The molecule has 1 atom stereocenters. The van der Waals surface area contributed by atoms with Crippen LogP contribution >= 0.6 is 0 Å². The zero-order valence-electron chi connectivity index (χ0n) is 12.5. The molecule has 0 fully saturated rings. The lowest BCUT2D eigenvalue weighted by Gasteiger charge is -2.15. The number of carbonyl (C=O) groups excluding carboxylic acids is 1. The van der Waals surface area contributed by atoms with Gasteiger partial charge >= 0.3 is 5.97 Å². The van der Waals surface area contributed by atoms with Gasteiger partial charge in [-0.2, -0.15) is 0 Å². The summed E-state index contributed by atoms with van der Waals surface area (Å²) in [6.07, 6.45) is 4.12. The summed E-state index contributed by atoms with van der Waals surface area (Å²) in [5, 5.41) is 10.7. The van der Waals surface area contributed by atoms with E-state index in [1.807, 2.05) is 0 Å². The van der Waals surface area contributed by atoms with E-state index in [1.54, 1.807) is 0 Å². The Labute approximate surface area is 124 Å². The molecule has 2 N–H and O–H groups in total. The number of hydrogen-bond donors (Lipinski definition) is 1. The lowest BCUT2D eigenvalue weighted by molar-refractivity contribution is -0.384. The average molecular weight is 294 g/mol. The SMILES string of the molecule is CCCCC(CC)COC(=O)c1cc([N+](=O)[O-])ccc1N. The van der Waals surface area contributed by atoms with E-state index in [0.717, 1.165) is 31.7 Å². The first-order valence-corrected chi connectivity index (χ1v) is 7.20. The number of ether oxygens (including phenoxy) is 1. The third-order valence-corrected chi connectivity index (χ3v) is 3.46. The van der Waals surface area contributed by atoms with Crippen LogP contribution in [0.15, 0.2) is 18.2 Å². The number of anilines is 1. The highest BCUT2D eigenvalue weighted by Crippen LogP contribution is 2.21. The number of non-ortho nitro benzene ring substituents is 1. The van der Waals surface area contributed by atoms with Gasteiger partial charge in [-0.25, -0.2) is 4.79 Å². The first-order valence-electron chi connectivity index (χ1n) is 7.20. The van der Waals surface area contributed by atoms with E-state index < -0.39 is 10.9 Å². The number of unbranched alkanes of at least 4 members (excludes halogenated alkanes) is 1. The largest absolute Gasteiger partial charge is 0.462 e. The molecule has 0 aliphatic carbocycles. The van der Waals surface area contributed by atoms with Gasteiger partial charge in [0.1, 0.15) is 0 Å². The van der Waals surface area contributed by atoms with Gasteiger partial charge in [-0.05, 0) is 18.4 Å². The smallest absolute Gasteiger partial charge is 0.340 e. The molecule has 6 heteroatoms. The molecule has 6 nitrogen and oxygen atoms in total. The molecule has 0 aliphatic heterocycles. The maximum absolute atomic E-state index is 12.0. The Kier molecular flexibility index (Phi) is 6.65. The summed E-state index contributed by atoms with van der Waals surface area (Å²) in [6.45, 7) is 4.48. The number of benzene rings is 1. The molecule has 21 heavy (non-hydrogen) atoms. The molecule has 0 heterocycles. The van der Waals surface area contributed by atoms with E-state index in [0.29, 0.717) is 12.5 Å². The number of nitro benzene ring substituents is 1. The fourth-order valence-electron chi connectivity index (χ4n) is 2.00. The number of nitrogen functional groups attached to an aromatic ring is 1. The molecule has 1 aromatic carbocycles. The average Bonchev–Trinajstić information content (AvgIpc) is 2.47. The van der Waals surface area contributed by atoms with Crippen molar-refractivity contribution in [3.63, 3.8) is 0 Å². The van der Waals surface area contributed by atoms with Crippen LogP contribution in [0, 0.1) is 16.0 Å². The Morgan fingerprint density at radius 3 is 2.71 bits per heavy atom. The van der Waals surface area contributed by atoms with Gasteiger partial charge in [0.2, 0.25) is 0 Å². The maximum atomic E-state index is 12.0. The van der Waals surface area contributed by atoms with Gasteiger partial charge < -0.3 is 10.5 Å². The van der Waals surface area contributed by atoms with Crippen LogP contribution in [0.5, 0.6) is 0 Å². The zero-order chi connectivity index (χ0) is 15.8. The number of hydrogen-bond acceptors (Lipinski definition) is 5. The van der Waals surface area contributed by atoms with Crippen LogP contribution in [0.4, 0.5) is 11.4 Å². The molecule has 0 saturated carbocycles. The Balaban J connectivity index is 2.70. The summed E-state index contributed by atoms with van der Waals surface area (Å²) >= 11 is 0. The van der Waals surface area contributed by atoms with Crippen molar-refractivity contribution in [1.29, 1.82) is 0 Å². The van der Waals surface area contributed by atoms with Crippen LogP contribution in [0.2, 0.25) is 0 Å². The summed E-state index contributed by atoms with van der Waals surface area (Å²) in [5.74, 6) is -0.292. The number of esters is 1. The topological polar surface area (TPSA) is 95.5 Å². The van der Waals surface area contributed by atoms with Gasteiger partial charge in [-0.15, -0.1) is 0 Å². The van der Waals surface area contributed by atoms with Crippen LogP contribution in [0.25, 0.3) is 0 Å². The van der Waals surface area contributed by atoms with Crippen molar-refractivity contribution < 1.29 is 14.5 Å². The lowest BCUT2D eigenvalue weighted by Crippen LogP contribution is -2.15. The van der Waals surface area contributed by atoms with Gasteiger partial charge in [0.25, 0.3) is 5.69 Å². The molecular weight excluding hydrogens is 272 g/mol. The molecule has 1 rings (SSSR count). The van der Waals surface area contributed by atoms with Crippen LogP contribution in [0.3, 0.4) is 0 Å². The van der Waals surface area contributed by atoms with E-state index in [4.69, 9.17) is 10.5 Å². The van der Waals surface area contributed by atoms with Crippen LogP contribution in [0.1, 0.15) is 49.9 Å². The quantitative estimate of drug-likeness (QED) is 0.342. The van der Waals surface area contributed by atoms with Crippen LogP contribution < -0.4 is 5.73 Å². The standard InChI is InChI=1S/C15H22N2O4/c1-3-5-6-11(4-2)10-21-15(18)13-9-12(17(19)20)7-8-14(13)16/h7-9,11H,3-6,10,16H2,1-2H3. The van der Waals surface area contributed by atoms with E-state index in [9.17, 15) is 14.9 Å². The summed E-state index contributed by atoms with van der Waals surface area (Å²) in [5.41, 5.74) is 5.75. The van der Waals surface area contributed by atoms with E-state index in [-0.39, 0.29) is 16.9 Å². The fraction of sp³-hybridized carbons (Fsp3) is 0.533. The number of nitrogens with zero attached hydrogens (tertiary/aromatic N) is 1. The summed E-state index contributed by atoms with van der Waals surface area (Å²) in [7, 11) is 0. The third-order valence-electron chi connectivity index (χ3n) is 3.46. The number of carbonyl (C=O) groups is 1. The monoisotopic (exact) mass is 294 g/mol. The zero-order valence-corrected chi connectivity index (χ0v) is 12.5. The highest BCUT2D eigenvalue weighted by molar-refractivity contribution is 5.95. The minimum atomic E-state index is -0.605. The van der Waals surface area contributed by atoms with Crippen molar-refractivity contribution in [2.75, 3.05) is 12.3 Å². The van der Waals surface area contributed by atoms with Crippen LogP contribution in [-0.4, -0.2) is 17.5 Å². The first kappa shape index (κ1) is 16.9. The van der Waals surface area contributed by atoms with Crippen molar-refractivity contribution in [2.24, 2.45) is 5.92 Å². The molecular formula is C15H22N2O4. The first-order chi connectivity index (χ1) is 9.99. The number of nitro groups is 1. The minimum absolute atomic E-state index is 0.0505. The Morgan fingerprint density at radius 2 is 2.14 bits per heavy atom. The highest BCUT2D eigenvalue weighted by Gasteiger charge is 2.18. The Hall–Kier alpha value is -2.11. The molecule has 0 bridgehead atoms. The van der Waals surface area contributed by atoms with Crippen molar-refractivity contribution in [2.45, 2.75) is 39.5 Å². The Bertz CT molecular complexity index is 502. The van der Waals surface area contributed by atoms with E-state index in [2.05, 4.69) is 13.8 Å². The molecule has 0 amide bonds. The maximum Gasteiger partial charge on any atom is 0.340 e. The Morgan fingerprint density at radius 1 is 1.43 bits per heavy atom. The van der Waals surface area contributed by atoms with Gasteiger partial charge in [0, 0.05) is 17.8 Å². The van der Waals surface area contributed by atoms with Crippen molar-refractivity contribution in [3.8, 4) is 0 Å². The summed E-state index contributed by atoms with van der Waals surface area (Å²) in [6, 6.07) is 3.77. The van der Waals surface area contributed by atoms with Gasteiger partial charge in [-0.3, -0.25) is 10.1 Å². The van der Waals surface area contributed by atoms with Gasteiger partial charge in [-0.1, -0.05) is 33.1 Å². The van der Waals surface area contributed by atoms with E-state index in [1.165, 1.54) is 12.1 Å². The van der Waals surface area contributed by atoms with Gasteiger partial charge in [0.05, 0.1) is 17.1 Å². The normalized spacial score (nSPS) is 11.9. The molecule has 116 valence electrons. The third kappa shape index (κ3) is 5.06. The minimum Gasteiger partial charge on any atom is -0.462 e. The molecule has 0 aliphatic rings. The predicted molar refractivity (Wildman–Crippen MR) is 81.1 cm³/mol. The van der Waals surface area contributed by atoms with Crippen molar-refractivity contribution >= 4 is 17.3 Å². The molecule has 1 unspecified atom stereocenters. The fourth-order valence-corrected chi connectivity index (χ4v) is 2.00.